The second kappa shape index (κ2) is 5.16. The summed E-state index contributed by atoms with van der Waals surface area (Å²) in [6.45, 7) is 4.00. The van der Waals surface area contributed by atoms with Gasteiger partial charge < -0.3 is 10.5 Å². The predicted molar refractivity (Wildman–Crippen MR) is 63.6 cm³/mol. The normalized spacial score (nSPS) is 12.2. The summed E-state index contributed by atoms with van der Waals surface area (Å²) >= 11 is 3.31. The van der Waals surface area contributed by atoms with E-state index < -0.39 is 0 Å². The smallest absolute Gasteiger partial charge is 0.313 e. The fourth-order valence-corrected chi connectivity index (χ4v) is 1.48. The zero-order chi connectivity index (χ0) is 11.4. The van der Waals surface area contributed by atoms with Gasteiger partial charge in [-0.2, -0.15) is 0 Å². The van der Waals surface area contributed by atoms with Crippen molar-refractivity contribution >= 4 is 27.6 Å². The van der Waals surface area contributed by atoms with Crippen molar-refractivity contribution in [3.63, 3.8) is 0 Å². The maximum atomic E-state index is 11.5. The summed E-state index contributed by atoms with van der Waals surface area (Å²) in [7, 11) is 0. The van der Waals surface area contributed by atoms with Crippen LogP contribution in [0.5, 0.6) is 0 Å². The summed E-state index contributed by atoms with van der Waals surface area (Å²) in [5, 5.41) is 0. The van der Waals surface area contributed by atoms with Crippen molar-refractivity contribution in [3.8, 4) is 0 Å². The molecular weight excluding hydrogens is 258 g/mol. The van der Waals surface area contributed by atoms with E-state index in [1.807, 2.05) is 12.1 Å². The van der Waals surface area contributed by atoms with Gasteiger partial charge in [0.2, 0.25) is 0 Å². The molecule has 1 aromatic carbocycles. The first-order valence-electron chi connectivity index (χ1n) is 4.77. The molecule has 0 aliphatic heterocycles. The van der Waals surface area contributed by atoms with Crippen LogP contribution in [0.15, 0.2) is 22.7 Å². The van der Waals surface area contributed by atoms with Crippen LogP contribution in [0, 0.1) is 0 Å². The van der Waals surface area contributed by atoms with E-state index in [0.717, 1.165) is 10.0 Å². The van der Waals surface area contributed by atoms with Crippen LogP contribution < -0.4 is 5.73 Å². The van der Waals surface area contributed by atoms with Crippen LogP contribution in [0.2, 0.25) is 0 Å². The van der Waals surface area contributed by atoms with Crippen molar-refractivity contribution in [2.24, 2.45) is 0 Å². The Morgan fingerprint density at radius 1 is 1.60 bits per heavy atom. The van der Waals surface area contributed by atoms with Gasteiger partial charge in [-0.1, -0.05) is 6.07 Å². The van der Waals surface area contributed by atoms with Gasteiger partial charge in [0, 0.05) is 10.2 Å². The molecule has 0 fully saturated rings. The fraction of sp³-hybridized carbons (Fsp3) is 0.364. The number of hydrogen-bond donors (Lipinski definition) is 1. The molecule has 0 spiro atoms. The maximum absolute atomic E-state index is 11.5. The summed E-state index contributed by atoms with van der Waals surface area (Å²) in [4.78, 5) is 11.5. The topological polar surface area (TPSA) is 52.3 Å². The molecule has 0 aromatic heterocycles. The molecule has 1 unspecified atom stereocenters. The van der Waals surface area contributed by atoms with Gasteiger partial charge in [0.05, 0.1) is 12.5 Å². The molecule has 2 N–H and O–H groups in total. The molecule has 0 bridgehead atoms. The van der Waals surface area contributed by atoms with E-state index in [1.54, 1.807) is 19.9 Å². The number of carbonyl (C=O) groups excluding carboxylic acids is 1. The molecule has 0 aliphatic carbocycles. The van der Waals surface area contributed by atoms with E-state index in [2.05, 4.69) is 15.9 Å². The zero-order valence-electron chi connectivity index (χ0n) is 8.79. The van der Waals surface area contributed by atoms with Crippen LogP contribution in [0.1, 0.15) is 25.3 Å². The molecule has 1 atom stereocenters. The Morgan fingerprint density at radius 3 is 2.80 bits per heavy atom. The Kier molecular flexibility index (Phi) is 4.15. The first-order chi connectivity index (χ1) is 7.06. The minimum Gasteiger partial charge on any atom is -0.466 e. The number of ether oxygens (including phenoxy) is 1. The Morgan fingerprint density at radius 2 is 2.27 bits per heavy atom. The minimum atomic E-state index is -0.277. The summed E-state index contributed by atoms with van der Waals surface area (Å²) in [6, 6.07) is 5.48. The lowest BCUT2D eigenvalue weighted by atomic mass is 10.0. The van der Waals surface area contributed by atoms with Crippen LogP contribution >= 0.6 is 15.9 Å². The van der Waals surface area contributed by atoms with Gasteiger partial charge in [-0.3, -0.25) is 4.79 Å². The van der Waals surface area contributed by atoms with E-state index in [4.69, 9.17) is 10.5 Å². The van der Waals surface area contributed by atoms with Gasteiger partial charge in [0.1, 0.15) is 0 Å². The van der Waals surface area contributed by atoms with E-state index >= 15 is 0 Å². The van der Waals surface area contributed by atoms with Crippen molar-refractivity contribution in [2.75, 3.05) is 12.3 Å². The number of nitrogen functional groups attached to an aromatic ring is 1. The van der Waals surface area contributed by atoms with Gasteiger partial charge in [-0.25, -0.2) is 0 Å². The van der Waals surface area contributed by atoms with Gasteiger partial charge in [-0.05, 0) is 47.5 Å². The summed E-state index contributed by atoms with van der Waals surface area (Å²) < 4.78 is 5.77. The molecule has 0 saturated heterocycles. The highest BCUT2D eigenvalue weighted by Crippen LogP contribution is 2.25. The Hall–Kier alpha value is -1.03. The lowest BCUT2D eigenvalue weighted by Crippen LogP contribution is -2.13. The third-order valence-electron chi connectivity index (χ3n) is 2.16. The average Bonchev–Trinajstić information content (AvgIpc) is 2.21. The SMILES string of the molecule is CCOC(=O)C(C)c1ccc(Br)c(N)c1. The summed E-state index contributed by atoms with van der Waals surface area (Å²) in [5.41, 5.74) is 7.23. The summed E-state index contributed by atoms with van der Waals surface area (Å²) in [6.07, 6.45) is 0. The van der Waals surface area contributed by atoms with E-state index in [-0.39, 0.29) is 11.9 Å². The predicted octanol–water partition coefficient (Wildman–Crippen LogP) is 2.70. The van der Waals surface area contributed by atoms with Crippen molar-refractivity contribution in [1.82, 2.24) is 0 Å². The van der Waals surface area contributed by atoms with Gasteiger partial charge in [-0.15, -0.1) is 0 Å². The lowest BCUT2D eigenvalue weighted by molar-refractivity contribution is -0.144. The molecule has 4 heteroatoms. The highest BCUT2D eigenvalue weighted by Gasteiger charge is 2.16. The van der Waals surface area contributed by atoms with Crippen molar-refractivity contribution in [3.05, 3.63) is 28.2 Å². The monoisotopic (exact) mass is 271 g/mol. The number of carbonyl (C=O) groups is 1. The third-order valence-corrected chi connectivity index (χ3v) is 2.88. The quantitative estimate of drug-likeness (QED) is 0.680. The van der Waals surface area contributed by atoms with Crippen LogP contribution in [-0.2, 0) is 9.53 Å². The number of halogens is 1. The van der Waals surface area contributed by atoms with E-state index in [1.165, 1.54) is 0 Å². The van der Waals surface area contributed by atoms with E-state index in [9.17, 15) is 4.79 Å². The molecule has 82 valence electrons. The standard InChI is InChI=1S/C11H14BrNO2/c1-3-15-11(14)7(2)8-4-5-9(12)10(13)6-8/h4-7H,3,13H2,1-2H3. The molecule has 1 rings (SSSR count). The second-order valence-electron chi connectivity index (χ2n) is 3.25. The first-order valence-corrected chi connectivity index (χ1v) is 5.57. The molecule has 0 amide bonds. The highest BCUT2D eigenvalue weighted by molar-refractivity contribution is 9.10. The van der Waals surface area contributed by atoms with Gasteiger partial charge >= 0.3 is 5.97 Å². The summed E-state index contributed by atoms with van der Waals surface area (Å²) in [5.74, 6) is -0.500. The molecule has 0 saturated carbocycles. The minimum absolute atomic E-state index is 0.223. The number of hydrogen-bond acceptors (Lipinski definition) is 3. The van der Waals surface area contributed by atoms with Crippen LogP contribution in [0.4, 0.5) is 5.69 Å². The molecule has 1 aromatic rings. The molecule has 0 heterocycles. The number of rotatable bonds is 3. The first kappa shape index (κ1) is 12.0. The Balaban J connectivity index is 2.86. The largest absolute Gasteiger partial charge is 0.466 e. The van der Waals surface area contributed by atoms with Crippen molar-refractivity contribution in [1.29, 1.82) is 0 Å². The number of nitrogens with two attached hydrogens (primary N) is 1. The Bertz CT molecular complexity index is 366. The van der Waals surface area contributed by atoms with Crippen molar-refractivity contribution < 1.29 is 9.53 Å². The van der Waals surface area contributed by atoms with Crippen LogP contribution in [-0.4, -0.2) is 12.6 Å². The molecular formula is C11H14BrNO2. The number of anilines is 1. The zero-order valence-corrected chi connectivity index (χ0v) is 10.4. The second-order valence-corrected chi connectivity index (χ2v) is 4.11. The lowest BCUT2D eigenvalue weighted by Gasteiger charge is -2.11. The molecule has 15 heavy (non-hydrogen) atoms. The van der Waals surface area contributed by atoms with Crippen LogP contribution in [0.3, 0.4) is 0 Å². The fourth-order valence-electron chi connectivity index (χ4n) is 1.23. The van der Waals surface area contributed by atoms with Crippen molar-refractivity contribution in [2.45, 2.75) is 19.8 Å². The van der Waals surface area contributed by atoms with Crippen LogP contribution in [0.25, 0.3) is 0 Å². The third kappa shape index (κ3) is 2.96. The number of esters is 1. The number of benzene rings is 1. The Labute approximate surface area is 97.7 Å². The molecule has 3 nitrogen and oxygen atoms in total. The maximum Gasteiger partial charge on any atom is 0.313 e. The van der Waals surface area contributed by atoms with Gasteiger partial charge in [0.15, 0.2) is 0 Å². The average molecular weight is 272 g/mol. The molecule has 0 aliphatic rings. The van der Waals surface area contributed by atoms with E-state index in [0.29, 0.717) is 12.3 Å². The van der Waals surface area contributed by atoms with Gasteiger partial charge in [0.25, 0.3) is 0 Å². The molecule has 0 radical (unpaired) electrons. The highest BCUT2D eigenvalue weighted by atomic mass is 79.9.